The summed E-state index contributed by atoms with van der Waals surface area (Å²) in [5, 5.41) is 2.68. The van der Waals surface area contributed by atoms with Crippen LogP contribution in [-0.4, -0.2) is 23.4 Å². The molecule has 0 saturated carbocycles. The number of nitrogens with one attached hydrogen (secondary N) is 1. The zero-order chi connectivity index (χ0) is 24.1. The summed E-state index contributed by atoms with van der Waals surface area (Å²) in [4.78, 5) is 26.5. The van der Waals surface area contributed by atoms with E-state index in [2.05, 4.69) is 50.5 Å². The first-order valence-corrected chi connectivity index (χ1v) is 12.8. The van der Waals surface area contributed by atoms with E-state index in [0.29, 0.717) is 24.7 Å². The largest absolute Gasteiger partial charge is 0.490 e. The SMILES string of the molecule is CCOc1cc(/C=C2/NC(=O)N(Cc3ccccc3)C2=O)cc(I)c1OCc1ccc(I)cc1. The van der Waals surface area contributed by atoms with Gasteiger partial charge in [0.05, 0.1) is 16.7 Å². The number of nitrogens with zero attached hydrogens (tertiary/aromatic N) is 1. The van der Waals surface area contributed by atoms with Gasteiger partial charge in [0.1, 0.15) is 12.3 Å². The first-order chi connectivity index (χ1) is 16.4. The van der Waals surface area contributed by atoms with Crippen molar-refractivity contribution in [3.63, 3.8) is 0 Å². The number of hydrogen-bond acceptors (Lipinski definition) is 4. The lowest BCUT2D eigenvalue weighted by atomic mass is 10.1. The van der Waals surface area contributed by atoms with Crippen LogP contribution in [0.3, 0.4) is 0 Å². The summed E-state index contributed by atoms with van der Waals surface area (Å²) in [5.74, 6) is 0.876. The fourth-order valence-corrected chi connectivity index (χ4v) is 4.60. The molecule has 1 saturated heterocycles. The molecule has 0 aliphatic carbocycles. The van der Waals surface area contributed by atoms with Crippen LogP contribution in [0.25, 0.3) is 6.08 Å². The van der Waals surface area contributed by atoms with Gasteiger partial charge in [-0.25, -0.2) is 4.79 Å². The first kappa shape index (κ1) is 24.5. The van der Waals surface area contributed by atoms with Crippen molar-refractivity contribution in [3.8, 4) is 11.5 Å². The molecule has 0 spiro atoms. The highest BCUT2D eigenvalue weighted by Crippen LogP contribution is 2.36. The lowest BCUT2D eigenvalue weighted by molar-refractivity contribution is -0.123. The van der Waals surface area contributed by atoms with Crippen molar-refractivity contribution in [1.29, 1.82) is 0 Å². The van der Waals surface area contributed by atoms with Crippen LogP contribution in [0.5, 0.6) is 11.5 Å². The van der Waals surface area contributed by atoms with Gasteiger partial charge in [-0.05, 0) is 99.1 Å². The first-order valence-electron chi connectivity index (χ1n) is 10.7. The molecule has 1 aliphatic heterocycles. The molecule has 4 rings (SSSR count). The summed E-state index contributed by atoms with van der Waals surface area (Å²) < 4.78 is 13.9. The normalized spacial score (nSPS) is 14.4. The maximum atomic E-state index is 12.9. The van der Waals surface area contributed by atoms with Crippen molar-refractivity contribution >= 4 is 63.2 Å². The Kier molecular flexibility index (Phi) is 8.09. The smallest absolute Gasteiger partial charge is 0.329 e. The van der Waals surface area contributed by atoms with E-state index >= 15 is 0 Å². The Bertz CT molecular complexity index is 1230. The van der Waals surface area contributed by atoms with E-state index in [1.807, 2.05) is 73.7 Å². The molecular formula is C26H22I2N2O4. The molecule has 1 N–H and O–H groups in total. The molecule has 1 heterocycles. The average Bonchev–Trinajstić information content (AvgIpc) is 3.08. The molecule has 6 nitrogen and oxygen atoms in total. The van der Waals surface area contributed by atoms with Crippen LogP contribution >= 0.6 is 45.2 Å². The number of imide groups is 1. The lowest BCUT2D eigenvalue weighted by Gasteiger charge is -2.15. The topological polar surface area (TPSA) is 67.9 Å². The molecule has 174 valence electrons. The van der Waals surface area contributed by atoms with E-state index in [9.17, 15) is 9.59 Å². The highest BCUT2D eigenvalue weighted by Gasteiger charge is 2.33. The molecular weight excluding hydrogens is 658 g/mol. The van der Waals surface area contributed by atoms with E-state index in [1.165, 1.54) is 8.47 Å². The van der Waals surface area contributed by atoms with Gasteiger partial charge in [-0.15, -0.1) is 0 Å². The number of amides is 3. The van der Waals surface area contributed by atoms with Gasteiger partial charge in [-0.3, -0.25) is 9.69 Å². The van der Waals surface area contributed by atoms with E-state index in [4.69, 9.17) is 9.47 Å². The molecule has 0 aromatic heterocycles. The second kappa shape index (κ2) is 11.2. The maximum Gasteiger partial charge on any atom is 0.329 e. The van der Waals surface area contributed by atoms with Crippen molar-refractivity contribution in [2.75, 3.05) is 6.61 Å². The van der Waals surface area contributed by atoms with Crippen LogP contribution in [-0.2, 0) is 17.9 Å². The number of hydrogen-bond donors (Lipinski definition) is 1. The van der Waals surface area contributed by atoms with E-state index in [0.717, 1.165) is 20.3 Å². The Labute approximate surface area is 225 Å². The molecule has 8 heteroatoms. The monoisotopic (exact) mass is 680 g/mol. The summed E-state index contributed by atoms with van der Waals surface area (Å²) in [6.45, 7) is 3.01. The zero-order valence-corrected chi connectivity index (χ0v) is 22.7. The standard InChI is InChI=1S/C26H22I2N2O4/c1-2-33-23-14-19(12-21(28)24(23)34-16-18-8-10-20(27)11-9-18)13-22-25(31)30(26(32)29-22)15-17-6-4-3-5-7-17/h3-14H,2,15-16H2,1H3,(H,29,32)/b22-13+. The number of carbonyl (C=O) groups is 2. The number of carbonyl (C=O) groups excluding carboxylic acids is 2. The second-order valence-corrected chi connectivity index (χ2v) is 9.95. The third-order valence-corrected chi connectivity index (χ3v) is 6.61. The van der Waals surface area contributed by atoms with Crippen LogP contribution in [0.2, 0.25) is 0 Å². The summed E-state index contributed by atoms with van der Waals surface area (Å²) in [6.07, 6.45) is 1.67. The Hall–Kier alpha value is -2.60. The minimum atomic E-state index is -0.433. The molecule has 0 radical (unpaired) electrons. The summed E-state index contributed by atoms with van der Waals surface area (Å²) in [6, 6.07) is 20.8. The van der Waals surface area contributed by atoms with Crippen LogP contribution < -0.4 is 14.8 Å². The zero-order valence-electron chi connectivity index (χ0n) is 18.4. The van der Waals surface area contributed by atoms with Gasteiger partial charge >= 0.3 is 6.03 Å². The number of halogens is 2. The van der Waals surface area contributed by atoms with Gasteiger partial charge in [-0.2, -0.15) is 0 Å². The molecule has 3 amide bonds. The van der Waals surface area contributed by atoms with Crippen LogP contribution in [0.15, 0.2) is 72.4 Å². The molecule has 3 aromatic rings. The quantitative estimate of drug-likeness (QED) is 0.181. The number of urea groups is 1. The highest BCUT2D eigenvalue weighted by atomic mass is 127. The number of ether oxygens (including phenoxy) is 2. The predicted octanol–water partition coefficient (Wildman–Crippen LogP) is 5.97. The van der Waals surface area contributed by atoms with Gasteiger partial charge in [-0.1, -0.05) is 42.5 Å². The summed E-state index contributed by atoms with van der Waals surface area (Å²) in [7, 11) is 0. The Morgan fingerprint density at radius 2 is 1.68 bits per heavy atom. The third-order valence-electron chi connectivity index (χ3n) is 5.08. The highest BCUT2D eigenvalue weighted by molar-refractivity contribution is 14.1. The second-order valence-electron chi connectivity index (χ2n) is 7.54. The summed E-state index contributed by atoms with van der Waals surface area (Å²) in [5.41, 5.74) is 2.91. The fraction of sp³-hybridized carbons (Fsp3) is 0.154. The molecule has 0 bridgehead atoms. The van der Waals surface area contributed by atoms with Crippen LogP contribution in [0, 0.1) is 7.14 Å². The van der Waals surface area contributed by atoms with E-state index in [-0.39, 0.29) is 18.1 Å². The number of rotatable bonds is 8. The van der Waals surface area contributed by atoms with E-state index < -0.39 is 6.03 Å². The molecule has 0 unspecified atom stereocenters. The predicted molar refractivity (Wildman–Crippen MR) is 147 cm³/mol. The van der Waals surface area contributed by atoms with Gasteiger partial charge in [0.25, 0.3) is 5.91 Å². The minimum Gasteiger partial charge on any atom is -0.490 e. The molecule has 1 aliphatic rings. The number of benzene rings is 3. The third kappa shape index (κ3) is 5.90. The van der Waals surface area contributed by atoms with Crippen molar-refractivity contribution in [3.05, 3.63) is 96.3 Å². The van der Waals surface area contributed by atoms with Crippen LogP contribution in [0.4, 0.5) is 4.79 Å². The van der Waals surface area contributed by atoms with Gasteiger partial charge in [0, 0.05) is 3.57 Å². The average molecular weight is 680 g/mol. The van der Waals surface area contributed by atoms with Gasteiger partial charge < -0.3 is 14.8 Å². The van der Waals surface area contributed by atoms with Gasteiger partial charge in [0.15, 0.2) is 11.5 Å². The van der Waals surface area contributed by atoms with Crippen molar-refractivity contribution in [1.82, 2.24) is 10.2 Å². The summed E-state index contributed by atoms with van der Waals surface area (Å²) >= 11 is 4.47. The van der Waals surface area contributed by atoms with Crippen molar-refractivity contribution in [2.45, 2.75) is 20.1 Å². The molecule has 34 heavy (non-hydrogen) atoms. The minimum absolute atomic E-state index is 0.218. The Balaban J connectivity index is 1.55. The molecule has 0 atom stereocenters. The van der Waals surface area contributed by atoms with E-state index in [1.54, 1.807) is 6.08 Å². The fourth-order valence-electron chi connectivity index (χ4n) is 3.46. The van der Waals surface area contributed by atoms with Gasteiger partial charge in [0.2, 0.25) is 0 Å². The molecule has 3 aromatic carbocycles. The lowest BCUT2D eigenvalue weighted by Crippen LogP contribution is -2.30. The Morgan fingerprint density at radius 1 is 0.941 bits per heavy atom. The maximum absolute atomic E-state index is 12.9. The van der Waals surface area contributed by atoms with Crippen LogP contribution in [0.1, 0.15) is 23.6 Å². The van der Waals surface area contributed by atoms with Crippen molar-refractivity contribution < 1.29 is 19.1 Å². The van der Waals surface area contributed by atoms with Crippen molar-refractivity contribution in [2.24, 2.45) is 0 Å². The molecule has 1 fully saturated rings. The Morgan fingerprint density at radius 3 is 2.38 bits per heavy atom.